The van der Waals surface area contributed by atoms with Crippen molar-refractivity contribution in [2.24, 2.45) is 0 Å². The molecule has 118 valence electrons. The van der Waals surface area contributed by atoms with E-state index < -0.39 is 5.97 Å². The number of aromatic carboxylic acids is 1. The lowest BCUT2D eigenvalue weighted by molar-refractivity contribution is 0.0693. The molecule has 7 nitrogen and oxygen atoms in total. The fraction of sp³-hybridized carbons (Fsp3) is 0. The number of benzene rings is 1. The molecule has 1 aromatic carbocycles. The van der Waals surface area contributed by atoms with E-state index in [9.17, 15) is 9.90 Å². The van der Waals surface area contributed by atoms with Crippen LogP contribution in [0.3, 0.4) is 0 Å². The summed E-state index contributed by atoms with van der Waals surface area (Å²) in [4.78, 5) is 23.8. The standard InChI is InChI=1S/C16H10ClN5O2/c17-9-2-1-3-10(6-9)20-14-11-4-5-18-7-12(11)22-8-19-13(16(23)24)15(22)21-14/h1-8H,(H,20,21)(H,23,24). The lowest BCUT2D eigenvalue weighted by atomic mass is 10.2. The van der Waals surface area contributed by atoms with Gasteiger partial charge in [0.05, 0.1) is 11.7 Å². The third-order valence-corrected chi connectivity index (χ3v) is 3.80. The average Bonchev–Trinajstić information content (AvgIpc) is 2.99. The van der Waals surface area contributed by atoms with Gasteiger partial charge in [0.2, 0.25) is 0 Å². The Morgan fingerprint density at radius 3 is 2.96 bits per heavy atom. The Kier molecular flexibility index (Phi) is 3.28. The van der Waals surface area contributed by atoms with Crippen LogP contribution >= 0.6 is 11.6 Å². The number of hydrogen-bond acceptors (Lipinski definition) is 5. The first-order valence-electron chi connectivity index (χ1n) is 7.00. The zero-order valence-electron chi connectivity index (χ0n) is 12.1. The molecule has 0 radical (unpaired) electrons. The third-order valence-electron chi connectivity index (χ3n) is 3.56. The number of nitrogens with zero attached hydrogens (tertiary/aromatic N) is 4. The van der Waals surface area contributed by atoms with Crippen LogP contribution in [0.2, 0.25) is 5.02 Å². The van der Waals surface area contributed by atoms with Gasteiger partial charge < -0.3 is 10.4 Å². The van der Waals surface area contributed by atoms with Crippen molar-refractivity contribution in [3.8, 4) is 0 Å². The minimum absolute atomic E-state index is 0.116. The van der Waals surface area contributed by atoms with Crippen molar-refractivity contribution in [2.45, 2.75) is 0 Å². The molecule has 8 heteroatoms. The number of carboxylic acids is 1. The molecule has 4 aromatic rings. The molecular formula is C16H10ClN5O2. The quantitative estimate of drug-likeness (QED) is 0.594. The van der Waals surface area contributed by atoms with Gasteiger partial charge in [0.25, 0.3) is 0 Å². The number of aromatic nitrogens is 4. The van der Waals surface area contributed by atoms with Crippen LogP contribution in [-0.2, 0) is 0 Å². The maximum atomic E-state index is 11.4. The number of imidazole rings is 1. The molecule has 0 bridgehead atoms. The van der Waals surface area contributed by atoms with Gasteiger partial charge in [0, 0.05) is 22.3 Å². The Hall–Kier alpha value is -3.19. The van der Waals surface area contributed by atoms with Gasteiger partial charge in [0.15, 0.2) is 11.3 Å². The van der Waals surface area contributed by atoms with E-state index in [2.05, 4.69) is 20.3 Å². The first-order chi connectivity index (χ1) is 11.6. The second-order valence-corrected chi connectivity index (χ2v) is 5.52. The number of pyridine rings is 1. The minimum atomic E-state index is -1.14. The first kappa shape index (κ1) is 14.4. The summed E-state index contributed by atoms with van der Waals surface area (Å²) in [6.45, 7) is 0. The zero-order valence-corrected chi connectivity index (χ0v) is 12.9. The van der Waals surface area contributed by atoms with Crippen molar-refractivity contribution in [3.63, 3.8) is 0 Å². The molecule has 3 heterocycles. The number of fused-ring (bicyclic) bond motifs is 3. The Morgan fingerprint density at radius 1 is 1.29 bits per heavy atom. The second-order valence-electron chi connectivity index (χ2n) is 5.08. The van der Waals surface area contributed by atoms with E-state index in [4.69, 9.17) is 11.6 Å². The molecule has 0 spiro atoms. The van der Waals surface area contributed by atoms with E-state index in [0.717, 1.165) is 11.1 Å². The molecule has 0 amide bonds. The lowest BCUT2D eigenvalue weighted by Crippen LogP contribution is -2.03. The first-order valence-corrected chi connectivity index (χ1v) is 7.38. The van der Waals surface area contributed by atoms with E-state index in [1.807, 2.05) is 12.1 Å². The summed E-state index contributed by atoms with van der Waals surface area (Å²) in [6, 6.07) is 8.99. The summed E-state index contributed by atoms with van der Waals surface area (Å²) in [7, 11) is 0. The smallest absolute Gasteiger partial charge is 0.358 e. The SMILES string of the molecule is O=C(O)c1ncn2c1nc(Nc1cccc(Cl)c1)c1ccncc12. The summed E-state index contributed by atoms with van der Waals surface area (Å²) >= 11 is 6.01. The topological polar surface area (TPSA) is 92.4 Å². The molecule has 0 atom stereocenters. The molecule has 3 aromatic heterocycles. The van der Waals surface area contributed by atoms with Gasteiger partial charge in [0.1, 0.15) is 12.1 Å². The second kappa shape index (κ2) is 5.47. The summed E-state index contributed by atoms with van der Waals surface area (Å²) < 4.78 is 1.61. The maximum absolute atomic E-state index is 11.4. The largest absolute Gasteiger partial charge is 0.476 e. The molecule has 0 fully saturated rings. The van der Waals surface area contributed by atoms with E-state index in [1.54, 1.807) is 35.0 Å². The highest BCUT2D eigenvalue weighted by atomic mass is 35.5. The van der Waals surface area contributed by atoms with Crippen molar-refractivity contribution in [1.82, 2.24) is 19.4 Å². The van der Waals surface area contributed by atoms with Crippen LogP contribution in [0.25, 0.3) is 16.6 Å². The van der Waals surface area contributed by atoms with Crippen molar-refractivity contribution >= 4 is 45.6 Å². The van der Waals surface area contributed by atoms with E-state index in [-0.39, 0.29) is 11.3 Å². The van der Waals surface area contributed by atoms with Gasteiger partial charge in [-0.25, -0.2) is 14.8 Å². The van der Waals surface area contributed by atoms with Gasteiger partial charge in [-0.1, -0.05) is 17.7 Å². The summed E-state index contributed by atoms with van der Waals surface area (Å²) in [5.74, 6) is -0.632. The van der Waals surface area contributed by atoms with Crippen molar-refractivity contribution in [1.29, 1.82) is 0 Å². The molecule has 0 saturated heterocycles. The van der Waals surface area contributed by atoms with Gasteiger partial charge in [-0.05, 0) is 24.3 Å². The van der Waals surface area contributed by atoms with Gasteiger partial charge in [-0.2, -0.15) is 0 Å². The van der Waals surface area contributed by atoms with Crippen molar-refractivity contribution < 1.29 is 9.90 Å². The number of carboxylic acid groups (broad SMARTS) is 1. The average molecular weight is 340 g/mol. The van der Waals surface area contributed by atoms with Crippen LogP contribution in [0.5, 0.6) is 0 Å². The Bertz CT molecular complexity index is 1090. The van der Waals surface area contributed by atoms with Crippen LogP contribution in [0, 0.1) is 0 Å². The number of rotatable bonds is 3. The summed E-state index contributed by atoms with van der Waals surface area (Å²) in [6.07, 6.45) is 4.72. The predicted molar refractivity (Wildman–Crippen MR) is 90.0 cm³/mol. The molecule has 2 N–H and O–H groups in total. The third kappa shape index (κ3) is 2.31. The fourth-order valence-corrected chi connectivity index (χ4v) is 2.71. The highest BCUT2D eigenvalue weighted by molar-refractivity contribution is 6.30. The fourth-order valence-electron chi connectivity index (χ4n) is 2.52. The molecule has 0 aliphatic rings. The van der Waals surface area contributed by atoms with E-state index in [0.29, 0.717) is 16.4 Å². The number of anilines is 2. The van der Waals surface area contributed by atoms with Crippen molar-refractivity contribution in [2.75, 3.05) is 5.32 Å². The zero-order chi connectivity index (χ0) is 16.7. The van der Waals surface area contributed by atoms with Crippen LogP contribution in [0.4, 0.5) is 11.5 Å². The Labute approximate surface area is 140 Å². The van der Waals surface area contributed by atoms with E-state index >= 15 is 0 Å². The van der Waals surface area contributed by atoms with Crippen LogP contribution in [0.15, 0.2) is 49.1 Å². The minimum Gasteiger partial charge on any atom is -0.476 e. The molecular weight excluding hydrogens is 330 g/mol. The molecule has 24 heavy (non-hydrogen) atoms. The molecule has 0 aliphatic heterocycles. The predicted octanol–water partition coefficient (Wildman–Crippen LogP) is 3.37. The number of nitrogens with one attached hydrogen (secondary N) is 1. The van der Waals surface area contributed by atoms with Crippen molar-refractivity contribution in [3.05, 3.63) is 59.8 Å². The highest BCUT2D eigenvalue weighted by Gasteiger charge is 2.17. The van der Waals surface area contributed by atoms with Gasteiger partial charge in [-0.3, -0.25) is 9.38 Å². The Morgan fingerprint density at radius 2 is 2.17 bits per heavy atom. The van der Waals surface area contributed by atoms with Gasteiger partial charge in [-0.15, -0.1) is 0 Å². The highest BCUT2D eigenvalue weighted by Crippen LogP contribution is 2.27. The van der Waals surface area contributed by atoms with Crippen LogP contribution in [0.1, 0.15) is 10.5 Å². The van der Waals surface area contributed by atoms with Gasteiger partial charge >= 0.3 is 5.97 Å². The van der Waals surface area contributed by atoms with Crippen LogP contribution in [-0.4, -0.2) is 30.4 Å². The molecule has 4 rings (SSSR count). The molecule has 0 aliphatic carbocycles. The summed E-state index contributed by atoms with van der Waals surface area (Å²) in [5, 5.41) is 13.8. The number of halogens is 1. The summed E-state index contributed by atoms with van der Waals surface area (Å²) in [5.41, 5.74) is 1.57. The lowest BCUT2D eigenvalue weighted by Gasteiger charge is -2.10. The molecule has 0 saturated carbocycles. The van der Waals surface area contributed by atoms with E-state index in [1.165, 1.54) is 6.33 Å². The Balaban J connectivity index is 1.98. The monoisotopic (exact) mass is 339 g/mol. The number of hydrogen-bond donors (Lipinski definition) is 2. The van der Waals surface area contributed by atoms with Crippen LogP contribution < -0.4 is 5.32 Å². The molecule has 0 unspecified atom stereocenters. The normalized spacial score (nSPS) is 11.0. The number of carbonyl (C=O) groups is 1. The maximum Gasteiger partial charge on any atom is 0.358 e.